The van der Waals surface area contributed by atoms with Gasteiger partial charge < -0.3 is 5.32 Å². The van der Waals surface area contributed by atoms with Crippen LogP contribution in [0, 0.1) is 25.2 Å². The molecule has 4 heteroatoms. The number of rotatable bonds is 5. The lowest BCUT2D eigenvalue weighted by atomic mass is 10.1. The van der Waals surface area contributed by atoms with E-state index < -0.39 is 0 Å². The number of thioether (sulfide) groups is 1. The highest BCUT2D eigenvalue weighted by Crippen LogP contribution is 2.14. The van der Waals surface area contributed by atoms with Crippen LogP contribution >= 0.6 is 11.8 Å². The zero-order chi connectivity index (χ0) is 12.7. The molecule has 0 atom stereocenters. The SMILES string of the molecule is Cc1ccc(NC(=O)CSCCC#N)cc1C. The van der Waals surface area contributed by atoms with Gasteiger partial charge in [-0.05, 0) is 37.1 Å². The Kier molecular flexibility index (Phi) is 5.58. The van der Waals surface area contributed by atoms with Crippen molar-refractivity contribution in [1.82, 2.24) is 0 Å². The highest BCUT2D eigenvalue weighted by atomic mass is 32.2. The van der Waals surface area contributed by atoms with Crippen LogP contribution in [0.25, 0.3) is 0 Å². The van der Waals surface area contributed by atoms with Crippen molar-refractivity contribution in [3.05, 3.63) is 29.3 Å². The highest BCUT2D eigenvalue weighted by molar-refractivity contribution is 7.99. The Morgan fingerprint density at radius 1 is 1.41 bits per heavy atom. The van der Waals surface area contributed by atoms with E-state index in [2.05, 4.69) is 11.4 Å². The lowest BCUT2D eigenvalue weighted by Crippen LogP contribution is -2.14. The zero-order valence-corrected chi connectivity index (χ0v) is 10.9. The first-order valence-corrected chi connectivity index (χ1v) is 6.60. The molecule has 1 aromatic rings. The van der Waals surface area contributed by atoms with Gasteiger partial charge in [0, 0.05) is 17.9 Å². The van der Waals surface area contributed by atoms with Crippen molar-refractivity contribution in [2.24, 2.45) is 0 Å². The van der Waals surface area contributed by atoms with Gasteiger partial charge in [0.1, 0.15) is 0 Å². The summed E-state index contributed by atoms with van der Waals surface area (Å²) in [6.07, 6.45) is 0.488. The van der Waals surface area contributed by atoms with Crippen LogP contribution in [0.2, 0.25) is 0 Å². The molecule has 0 unspecified atom stereocenters. The van der Waals surface area contributed by atoms with Gasteiger partial charge in [0.05, 0.1) is 11.8 Å². The highest BCUT2D eigenvalue weighted by Gasteiger charge is 2.03. The van der Waals surface area contributed by atoms with Gasteiger partial charge in [0.15, 0.2) is 0 Å². The molecule has 90 valence electrons. The van der Waals surface area contributed by atoms with Crippen molar-refractivity contribution in [3.8, 4) is 6.07 Å². The van der Waals surface area contributed by atoms with Crippen molar-refractivity contribution in [2.45, 2.75) is 20.3 Å². The number of hydrogen-bond acceptors (Lipinski definition) is 3. The molecule has 0 aliphatic heterocycles. The van der Waals surface area contributed by atoms with Gasteiger partial charge in [-0.1, -0.05) is 6.07 Å². The maximum absolute atomic E-state index is 11.6. The second kappa shape index (κ2) is 6.97. The van der Waals surface area contributed by atoms with Gasteiger partial charge in [-0.2, -0.15) is 17.0 Å². The molecule has 0 bridgehead atoms. The average Bonchev–Trinajstić information content (AvgIpc) is 2.30. The first-order chi connectivity index (χ1) is 8.13. The monoisotopic (exact) mass is 248 g/mol. The van der Waals surface area contributed by atoms with Gasteiger partial charge in [0.2, 0.25) is 5.91 Å². The van der Waals surface area contributed by atoms with Crippen LogP contribution in [0.15, 0.2) is 18.2 Å². The molecule has 0 fully saturated rings. The van der Waals surface area contributed by atoms with Crippen LogP contribution in [0.5, 0.6) is 0 Å². The number of anilines is 1. The Hall–Kier alpha value is -1.47. The molecule has 0 heterocycles. The van der Waals surface area contributed by atoms with E-state index in [1.54, 1.807) is 0 Å². The summed E-state index contributed by atoms with van der Waals surface area (Å²) < 4.78 is 0. The van der Waals surface area contributed by atoms with Gasteiger partial charge in [-0.3, -0.25) is 4.79 Å². The smallest absolute Gasteiger partial charge is 0.234 e. The number of nitrogens with zero attached hydrogens (tertiary/aromatic N) is 1. The second-order valence-electron chi connectivity index (χ2n) is 3.81. The minimum Gasteiger partial charge on any atom is -0.325 e. The standard InChI is InChI=1S/C13H16N2OS/c1-10-4-5-12(8-11(10)2)15-13(16)9-17-7-3-6-14/h4-5,8H,3,7,9H2,1-2H3,(H,15,16). The number of hydrogen-bond donors (Lipinski definition) is 1. The molecule has 0 aromatic heterocycles. The molecule has 1 rings (SSSR count). The number of carbonyl (C=O) groups excluding carboxylic acids is 1. The van der Waals surface area contributed by atoms with Crippen molar-refractivity contribution in [2.75, 3.05) is 16.8 Å². The van der Waals surface area contributed by atoms with Crippen LogP contribution in [0.4, 0.5) is 5.69 Å². The molecular weight excluding hydrogens is 232 g/mol. The zero-order valence-electron chi connectivity index (χ0n) is 10.1. The minimum absolute atomic E-state index is 0.0174. The molecule has 0 saturated carbocycles. The van der Waals surface area contributed by atoms with Crippen LogP contribution in [0.1, 0.15) is 17.5 Å². The lowest BCUT2D eigenvalue weighted by Gasteiger charge is -2.07. The van der Waals surface area contributed by atoms with Gasteiger partial charge in [-0.15, -0.1) is 0 Å². The minimum atomic E-state index is -0.0174. The van der Waals surface area contributed by atoms with Gasteiger partial charge in [-0.25, -0.2) is 0 Å². The average molecular weight is 248 g/mol. The summed E-state index contributed by atoms with van der Waals surface area (Å²) >= 11 is 1.48. The van der Waals surface area contributed by atoms with Gasteiger partial charge >= 0.3 is 0 Å². The van der Waals surface area contributed by atoms with Crippen LogP contribution in [0.3, 0.4) is 0 Å². The fourth-order valence-corrected chi connectivity index (χ4v) is 1.94. The molecular formula is C13H16N2OS. The predicted octanol–water partition coefficient (Wildman–Crippen LogP) is 2.89. The van der Waals surface area contributed by atoms with Crippen molar-refractivity contribution in [1.29, 1.82) is 5.26 Å². The summed E-state index contributed by atoms with van der Waals surface area (Å²) in [7, 11) is 0. The third-order valence-electron chi connectivity index (χ3n) is 2.38. The first-order valence-electron chi connectivity index (χ1n) is 5.45. The predicted molar refractivity (Wildman–Crippen MR) is 72.1 cm³/mol. The second-order valence-corrected chi connectivity index (χ2v) is 4.91. The summed E-state index contributed by atoms with van der Waals surface area (Å²) in [5.41, 5.74) is 3.21. The molecule has 0 aliphatic carbocycles. The largest absolute Gasteiger partial charge is 0.325 e. The topological polar surface area (TPSA) is 52.9 Å². The fraction of sp³-hybridized carbons (Fsp3) is 0.385. The summed E-state index contributed by atoms with van der Waals surface area (Å²) in [5.74, 6) is 1.09. The van der Waals surface area contributed by atoms with Gasteiger partial charge in [0.25, 0.3) is 0 Å². The van der Waals surface area contributed by atoms with E-state index >= 15 is 0 Å². The van der Waals surface area contributed by atoms with E-state index in [4.69, 9.17) is 5.26 Å². The molecule has 0 radical (unpaired) electrons. The van der Waals surface area contributed by atoms with Crippen LogP contribution < -0.4 is 5.32 Å². The fourth-order valence-electron chi connectivity index (χ4n) is 1.30. The molecule has 0 saturated heterocycles. The van der Waals surface area contributed by atoms with E-state index in [-0.39, 0.29) is 5.91 Å². The van der Waals surface area contributed by atoms with Crippen LogP contribution in [-0.4, -0.2) is 17.4 Å². The number of nitriles is 1. The maximum atomic E-state index is 11.6. The lowest BCUT2D eigenvalue weighted by molar-refractivity contribution is -0.113. The van der Waals surface area contributed by atoms with Crippen molar-refractivity contribution < 1.29 is 4.79 Å². The summed E-state index contributed by atoms with van der Waals surface area (Å²) in [5, 5.41) is 11.2. The molecule has 0 aliphatic rings. The van der Waals surface area contributed by atoms with Crippen molar-refractivity contribution in [3.63, 3.8) is 0 Å². The third kappa shape index (κ3) is 4.92. The van der Waals surface area contributed by atoms with Crippen molar-refractivity contribution >= 4 is 23.4 Å². The molecule has 0 spiro atoms. The Balaban J connectivity index is 2.40. The summed E-state index contributed by atoms with van der Waals surface area (Å²) in [4.78, 5) is 11.6. The normalized spacial score (nSPS) is 9.71. The Bertz CT molecular complexity index is 438. The number of carbonyl (C=O) groups is 1. The Labute approximate surface area is 106 Å². The van der Waals surface area contributed by atoms with E-state index in [0.717, 1.165) is 5.69 Å². The summed E-state index contributed by atoms with van der Waals surface area (Å²) in [6.45, 7) is 4.06. The first kappa shape index (κ1) is 13.6. The van der Waals surface area contributed by atoms with E-state index in [1.165, 1.54) is 22.9 Å². The number of amides is 1. The number of nitrogens with one attached hydrogen (secondary N) is 1. The quantitative estimate of drug-likeness (QED) is 0.815. The molecule has 1 N–H and O–H groups in total. The molecule has 3 nitrogen and oxygen atoms in total. The number of benzene rings is 1. The number of aryl methyl sites for hydroxylation is 2. The van der Waals surface area contributed by atoms with E-state index in [9.17, 15) is 4.79 Å². The molecule has 1 amide bonds. The van der Waals surface area contributed by atoms with E-state index in [0.29, 0.717) is 17.9 Å². The Morgan fingerprint density at radius 3 is 2.82 bits per heavy atom. The van der Waals surface area contributed by atoms with E-state index in [1.807, 2.05) is 32.0 Å². The third-order valence-corrected chi connectivity index (χ3v) is 3.34. The maximum Gasteiger partial charge on any atom is 0.234 e. The van der Waals surface area contributed by atoms with Crippen LogP contribution in [-0.2, 0) is 4.79 Å². The summed E-state index contributed by atoms with van der Waals surface area (Å²) in [6, 6.07) is 7.91. The molecule has 1 aromatic carbocycles. The molecule has 17 heavy (non-hydrogen) atoms. The Morgan fingerprint density at radius 2 is 2.18 bits per heavy atom.